The molecule has 25 heavy (non-hydrogen) atoms. The Hall–Kier alpha value is -2.44. The number of methoxy groups -OCH3 is 3. The highest BCUT2D eigenvalue weighted by molar-refractivity contribution is 5.93. The maximum atomic E-state index is 12.4. The van der Waals surface area contributed by atoms with Crippen LogP contribution >= 0.6 is 0 Å². The summed E-state index contributed by atoms with van der Waals surface area (Å²) in [5.74, 6) is 0.156. The lowest BCUT2D eigenvalue weighted by Crippen LogP contribution is -2.40. The van der Waals surface area contributed by atoms with Gasteiger partial charge < -0.3 is 24.3 Å². The Balaban J connectivity index is 2.07. The summed E-state index contributed by atoms with van der Waals surface area (Å²) in [6, 6.07) is 3.16. The standard InChI is InChI=1S/C18H25NO6/c1-11(17(20)19-13-7-5-6-8-13)25-18(21)12-9-14(22-2)16(24-4)15(10-12)23-3/h9-11,13H,5-8H2,1-4H3,(H,19,20)/t11-/m0/s1. The van der Waals surface area contributed by atoms with Crippen LogP contribution in [0.5, 0.6) is 17.2 Å². The van der Waals surface area contributed by atoms with E-state index < -0.39 is 12.1 Å². The van der Waals surface area contributed by atoms with E-state index in [1.54, 1.807) is 6.92 Å². The van der Waals surface area contributed by atoms with Gasteiger partial charge in [-0.05, 0) is 31.9 Å². The van der Waals surface area contributed by atoms with E-state index >= 15 is 0 Å². The fourth-order valence-corrected chi connectivity index (χ4v) is 2.87. The van der Waals surface area contributed by atoms with Gasteiger partial charge in [0.2, 0.25) is 5.75 Å². The van der Waals surface area contributed by atoms with Crippen molar-refractivity contribution >= 4 is 11.9 Å². The Morgan fingerprint density at radius 3 is 2.08 bits per heavy atom. The average molecular weight is 351 g/mol. The molecule has 0 spiro atoms. The van der Waals surface area contributed by atoms with Gasteiger partial charge in [-0.25, -0.2) is 4.79 Å². The Morgan fingerprint density at radius 1 is 1.04 bits per heavy atom. The van der Waals surface area contributed by atoms with E-state index in [2.05, 4.69) is 5.32 Å². The van der Waals surface area contributed by atoms with Crippen molar-refractivity contribution in [3.05, 3.63) is 17.7 Å². The summed E-state index contributed by atoms with van der Waals surface area (Å²) < 4.78 is 20.9. The van der Waals surface area contributed by atoms with Crippen LogP contribution in [0.15, 0.2) is 12.1 Å². The minimum atomic E-state index is -0.882. The normalized spacial score (nSPS) is 15.4. The summed E-state index contributed by atoms with van der Waals surface area (Å²) in [6.45, 7) is 1.56. The highest BCUT2D eigenvalue weighted by Crippen LogP contribution is 2.38. The van der Waals surface area contributed by atoms with Crippen LogP contribution in [0.25, 0.3) is 0 Å². The summed E-state index contributed by atoms with van der Waals surface area (Å²) >= 11 is 0. The summed E-state index contributed by atoms with van der Waals surface area (Å²) in [5.41, 5.74) is 0.218. The molecule has 0 heterocycles. The molecule has 2 rings (SSSR count). The molecule has 1 aliphatic rings. The Kier molecular flexibility index (Phi) is 6.50. The second-order valence-electron chi connectivity index (χ2n) is 5.95. The van der Waals surface area contributed by atoms with Gasteiger partial charge in [0.05, 0.1) is 26.9 Å². The maximum Gasteiger partial charge on any atom is 0.339 e. The van der Waals surface area contributed by atoms with Crippen LogP contribution in [-0.2, 0) is 9.53 Å². The molecule has 1 atom stereocenters. The lowest BCUT2D eigenvalue weighted by molar-refractivity contribution is -0.129. The van der Waals surface area contributed by atoms with Crippen molar-refractivity contribution in [2.24, 2.45) is 0 Å². The molecule has 1 saturated carbocycles. The van der Waals surface area contributed by atoms with Gasteiger partial charge >= 0.3 is 5.97 Å². The number of hydrogen-bond acceptors (Lipinski definition) is 6. The van der Waals surface area contributed by atoms with Gasteiger partial charge in [0.1, 0.15) is 0 Å². The lowest BCUT2D eigenvalue weighted by atomic mass is 10.1. The van der Waals surface area contributed by atoms with Crippen LogP contribution in [0.1, 0.15) is 43.0 Å². The highest BCUT2D eigenvalue weighted by atomic mass is 16.5. The maximum absolute atomic E-state index is 12.4. The average Bonchev–Trinajstić information content (AvgIpc) is 3.12. The molecule has 7 nitrogen and oxygen atoms in total. The quantitative estimate of drug-likeness (QED) is 0.759. The SMILES string of the molecule is COc1cc(C(=O)O[C@@H](C)C(=O)NC2CCCC2)cc(OC)c1OC. The van der Waals surface area contributed by atoms with Gasteiger partial charge in [-0.3, -0.25) is 4.79 Å². The molecule has 1 aliphatic carbocycles. The molecule has 0 unspecified atom stereocenters. The van der Waals surface area contributed by atoms with Gasteiger partial charge in [0, 0.05) is 6.04 Å². The number of benzene rings is 1. The van der Waals surface area contributed by atoms with E-state index in [0.29, 0.717) is 17.2 Å². The third-order valence-corrected chi connectivity index (χ3v) is 4.26. The first kappa shape index (κ1) is 18.9. The van der Waals surface area contributed by atoms with E-state index in [1.807, 2.05) is 0 Å². The first-order chi connectivity index (χ1) is 12.0. The fourth-order valence-electron chi connectivity index (χ4n) is 2.87. The zero-order valence-electron chi connectivity index (χ0n) is 15.1. The number of ether oxygens (including phenoxy) is 4. The molecule has 1 aromatic rings. The predicted octanol–water partition coefficient (Wildman–Crippen LogP) is 2.32. The van der Waals surface area contributed by atoms with Crippen molar-refractivity contribution in [2.75, 3.05) is 21.3 Å². The van der Waals surface area contributed by atoms with E-state index in [0.717, 1.165) is 25.7 Å². The highest BCUT2D eigenvalue weighted by Gasteiger charge is 2.25. The Morgan fingerprint density at radius 2 is 1.60 bits per heavy atom. The topological polar surface area (TPSA) is 83.1 Å². The third-order valence-electron chi connectivity index (χ3n) is 4.26. The Bertz CT molecular complexity index is 599. The van der Waals surface area contributed by atoms with E-state index in [9.17, 15) is 9.59 Å². The predicted molar refractivity (Wildman–Crippen MR) is 91.4 cm³/mol. The van der Waals surface area contributed by atoms with E-state index in [4.69, 9.17) is 18.9 Å². The van der Waals surface area contributed by atoms with Gasteiger partial charge in [-0.15, -0.1) is 0 Å². The molecule has 1 fully saturated rings. The van der Waals surface area contributed by atoms with Crippen LogP contribution in [0.2, 0.25) is 0 Å². The molecule has 0 radical (unpaired) electrons. The first-order valence-electron chi connectivity index (χ1n) is 8.31. The Labute approximate surface area is 147 Å². The number of carbonyl (C=O) groups is 2. The van der Waals surface area contributed by atoms with Crippen LogP contribution in [0, 0.1) is 0 Å². The van der Waals surface area contributed by atoms with Crippen molar-refractivity contribution in [1.29, 1.82) is 0 Å². The molecule has 138 valence electrons. The number of esters is 1. The van der Waals surface area contributed by atoms with Gasteiger partial charge in [0.25, 0.3) is 5.91 Å². The first-order valence-corrected chi connectivity index (χ1v) is 8.31. The van der Waals surface area contributed by atoms with Gasteiger partial charge in [-0.2, -0.15) is 0 Å². The number of nitrogens with one attached hydrogen (secondary N) is 1. The van der Waals surface area contributed by atoms with E-state index in [1.165, 1.54) is 33.5 Å². The van der Waals surface area contributed by atoms with Crippen molar-refractivity contribution in [3.63, 3.8) is 0 Å². The molecule has 1 aromatic carbocycles. The fraction of sp³-hybridized carbons (Fsp3) is 0.556. The zero-order chi connectivity index (χ0) is 18.4. The number of hydrogen-bond donors (Lipinski definition) is 1. The van der Waals surface area contributed by atoms with Gasteiger partial charge in [-0.1, -0.05) is 12.8 Å². The lowest BCUT2D eigenvalue weighted by Gasteiger charge is -2.18. The van der Waals surface area contributed by atoms with Crippen molar-refractivity contribution < 1.29 is 28.5 Å². The largest absolute Gasteiger partial charge is 0.493 e. The minimum absolute atomic E-state index is 0.176. The summed E-state index contributed by atoms with van der Waals surface area (Å²) in [7, 11) is 4.40. The van der Waals surface area contributed by atoms with Crippen LogP contribution in [0.3, 0.4) is 0 Å². The van der Waals surface area contributed by atoms with Crippen LogP contribution in [-0.4, -0.2) is 45.4 Å². The van der Waals surface area contributed by atoms with Gasteiger partial charge in [0.15, 0.2) is 17.6 Å². The molecule has 0 aromatic heterocycles. The molecule has 0 bridgehead atoms. The summed E-state index contributed by atoms with van der Waals surface area (Å²) in [5, 5.41) is 2.91. The second kappa shape index (κ2) is 8.60. The number of carbonyl (C=O) groups excluding carboxylic acids is 2. The monoisotopic (exact) mass is 351 g/mol. The smallest absolute Gasteiger partial charge is 0.339 e. The molecule has 0 saturated heterocycles. The molecular weight excluding hydrogens is 326 g/mol. The molecule has 0 aliphatic heterocycles. The van der Waals surface area contributed by atoms with Crippen LogP contribution in [0.4, 0.5) is 0 Å². The van der Waals surface area contributed by atoms with E-state index in [-0.39, 0.29) is 17.5 Å². The van der Waals surface area contributed by atoms with Crippen molar-refractivity contribution in [2.45, 2.75) is 44.8 Å². The number of rotatable bonds is 7. The molecule has 1 amide bonds. The second-order valence-corrected chi connectivity index (χ2v) is 5.95. The van der Waals surface area contributed by atoms with Crippen molar-refractivity contribution in [1.82, 2.24) is 5.32 Å². The molecule has 7 heteroatoms. The van der Waals surface area contributed by atoms with Crippen LogP contribution < -0.4 is 19.5 Å². The van der Waals surface area contributed by atoms with Crippen molar-refractivity contribution in [3.8, 4) is 17.2 Å². The molecule has 1 N–H and O–H groups in total. The number of amides is 1. The minimum Gasteiger partial charge on any atom is -0.493 e. The zero-order valence-corrected chi connectivity index (χ0v) is 15.1. The third kappa shape index (κ3) is 4.55. The summed E-state index contributed by atoms with van der Waals surface area (Å²) in [6.07, 6.45) is 3.29. The molecular formula is C18H25NO6. The summed E-state index contributed by atoms with van der Waals surface area (Å²) in [4.78, 5) is 24.5.